The van der Waals surface area contributed by atoms with Crippen LogP contribution < -0.4 is 5.32 Å². The molecule has 2 atom stereocenters. The Labute approximate surface area is 105 Å². The molecule has 1 saturated heterocycles. The van der Waals surface area contributed by atoms with Crippen molar-refractivity contribution in [3.63, 3.8) is 0 Å². The molecule has 1 amide bonds. The maximum atomic E-state index is 11.6. The summed E-state index contributed by atoms with van der Waals surface area (Å²) in [6, 6.07) is -0.375. The number of amides is 1. The number of nitrogens with one attached hydrogen (secondary N) is 1. The summed E-state index contributed by atoms with van der Waals surface area (Å²) >= 11 is 3.97. The molecule has 0 aliphatic carbocycles. The van der Waals surface area contributed by atoms with Crippen molar-refractivity contribution in [1.29, 1.82) is 0 Å². The van der Waals surface area contributed by atoms with Crippen LogP contribution in [-0.2, 0) is 24.2 Å². The lowest BCUT2D eigenvalue weighted by Gasteiger charge is -2.14. The van der Waals surface area contributed by atoms with Crippen molar-refractivity contribution in [2.75, 3.05) is 18.6 Å². The molecule has 1 N–H and O–H groups in total. The van der Waals surface area contributed by atoms with Gasteiger partial charge in [-0.1, -0.05) is 0 Å². The normalized spacial score (nSPS) is 24.0. The summed E-state index contributed by atoms with van der Waals surface area (Å²) in [6.07, 6.45) is 0.276. The van der Waals surface area contributed by atoms with Gasteiger partial charge >= 0.3 is 5.97 Å². The highest BCUT2D eigenvalue weighted by atomic mass is 32.2. The minimum absolute atomic E-state index is 0.0442. The third-order valence-corrected chi connectivity index (χ3v) is 4.65. The van der Waals surface area contributed by atoms with Gasteiger partial charge in [0.15, 0.2) is 9.84 Å². The third kappa shape index (κ3) is 4.55. The van der Waals surface area contributed by atoms with Gasteiger partial charge in [-0.05, 0) is 6.42 Å². The molecular formula is C9H15NO5S2. The molecule has 1 aliphatic rings. The Balaban J connectivity index is 2.42. The molecule has 8 heteroatoms. The Hall–Kier alpha value is -0.760. The lowest BCUT2D eigenvalue weighted by Crippen LogP contribution is -2.40. The van der Waals surface area contributed by atoms with E-state index in [9.17, 15) is 18.0 Å². The third-order valence-electron chi connectivity index (χ3n) is 2.47. The van der Waals surface area contributed by atoms with Crippen molar-refractivity contribution in [3.8, 4) is 0 Å². The van der Waals surface area contributed by atoms with Crippen molar-refractivity contribution < 1.29 is 22.7 Å². The molecule has 0 aromatic heterocycles. The maximum Gasteiger partial charge on any atom is 0.307 e. The zero-order chi connectivity index (χ0) is 13.1. The molecule has 1 heterocycles. The first-order valence-electron chi connectivity index (χ1n) is 5.10. The first kappa shape index (κ1) is 14.3. The van der Waals surface area contributed by atoms with Crippen LogP contribution in [0.3, 0.4) is 0 Å². The van der Waals surface area contributed by atoms with Crippen LogP contribution in [0.25, 0.3) is 0 Å². The van der Waals surface area contributed by atoms with E-state index in [1.165, 1.54) is 7.11 Å². The number of hydrogen-bond donors (Lipinski definition) is 2. The van der Waals surface area contributed by atoms with Crippen LogP contribution in [0.1, 0.15) is 12.8 Å². The van der Waals surface area contributed by atoms with Crippen LogP contribution in [0.5, 0.6) is 0 Å². The quantitative estimate of drug-likeness (QED) is 0.517. The van der Waals surface area contributed by atoms with Crippen molar-refractivity contribution in [1.82, 2.24) is 5.32 Å². The van der Waals surface area contributed by atoms with E-state index < -0.39 is 27.0 Å². The summed E-state index contributed by atoms with van der Waals surface area (Å²) in [6.45, 7) is 0. The van der Waals surface area contributed by atoms with Crippen LogP contribution in [0.2, 0.25) is 0 Å². The molecule has 98 valence electrons. The van der Waals surface area contributed by atoms with Crippen molar-refractivity contribution in [3.05, 3.63) is 0 Å². The highest BCUT2D eigenvalue weighted by Gasteiger charge is 2.30. The van der Waals surface area contributed by atoms with E-state index in [0.717, 1.165) is 0 Å². The van der Waals surface area contributed by atoms with Crippen LogP contribution >= 0.6 is 12.6 Å². The Kier molecular flexibility index (Phi) is 4.81. The molecule has 0 unspecified atom stereocenters. The summed E-state index contributed by atoms with van der Waals surface area (Å²) in [5.41, 5.74) is 0. The molecule has 0 bridgehead atoms. The van der Waals surface area contributed by atoms with Gasteiger partial charge in [0.2, 0.25) is 5.91 Å². The first-order chi connectivity index (χ1) is 7.84. The van der Waals surface area contributed by atoms with E-state index >= 15 is 0 Å². The molecule has 0 spiro atoms. The Bertz CT molecular complexity index is 406. The van der Waals surface area contributed by atoms with Gasteiger partial charge in [-0.15, -0.1) is 0 Å². The maximum absolute atomic E-state index is 11.6. The van der Waals surface area contributed by atoms with Gasteiger partial charge in [0.1, 0.15) is 0 Å². The molecule has 1 fully saturated rings. The van der Waals surface area contributed by atoms with Gasteiger partial charge in [-0.3, -0.25) is 9.59 Å². The fraction of sp³-hybridized carbons (Fsp3) is 0.778. The minimum Gasteiger partial charge on any atom is -0.469 e. The summed E-state index contributed by atoms with van der Waals surface area (Å²) < 4.78 is 26.8. The lowest BCUT2D eigenvalue weighted by atomic mass is 10.2. The molecule has 6 nitrogen and oxygen atoms in total. The summed E-state index contributed by atoms with van der Waals surface area (Å²) in [5, 5.41) is 1.75. The number of methoxy groups -OCH3 is 1. The van der Waals surface area contributed by atoms with Gasteiger partial charge in [0.05, 0.1) is 30.3 Å². The van der Waals surface area contributed by atoms with Crippen LogP contribution in [0.4, 0.5) is 0 Å². The topological polar surface area (TPSA) is 89.5 Å². The smallest absolute Gasteiger partial charge is 0.307 e. The molecule has 0 saturated carbocycles. The predicted octanol–water partition coefficient (Wildman–Crippen LogP) is -0.849. The molecule has 1 aliphatic heterocycles. The van der Waals surface area contributed by atoms with Crippen molar-refractivity contribution >= 4 is 34.3 Å². The molecule has 1 rings (SSSR count). The minimum atomic E-state index is -3.03. The Morgan fingerprint density at radius 3 is 2.65 bits per heavy atom. The van der Waals surface area contributed by atoms with E-state index in [1.807, 2.05) is 0 Å². The van der Waals surface area contributed by atoms with Gasteiger partial charge in [-0.2, -0.15) is 12.6 Å². The molecule has 0 radical (unpaired) electrons. The van der Waals surface area contributed by atoms with Crippen LogP contribution in [0, 0.1) is 0 Å². The van der Waals surface area contributed by atoms with Gasteiger partial charge in [-0.25, -0.2) is 8.42 Å². The fourth-order valence-corrected chi connectivity index (χ4v) is 3.44. The number of sulfone groups is 1. The second-order valence-corrected chi connectivity index (χ2v) is 6.76. The van der Waals surface area contributed by atoms with Gasteiger partial charge in [0, 0.05) is 6.04 Å². The predicted molar refractivity (Wildman–Crippen MR) is 64.6 cm³/mol. The van der Waals surface area contributed by atoms with Crippen molar-refractivity contribution in [2.45, 2.75) is 24.1 Å². The van der Waals surface area contributed by atoms with E-state index in [1.54, 1.807) is 0 Å². The van der Waals surface area contributed by atoms with Gasteiger partial charge in [0.25, 0.3) is 0 Å². The van der Waals surface area contributed by atoms with Crippen LogP contribution in [-0.4, -0.2) is 50.2 Å². The number of rotatable bonds is 4. The van der Waals surface area contributed by atoms with Gasteiger partial charge < -0.3 is 10.1 Å². The first-order valence-corrected chi connectivity index (χ1v) is 7.43. The number of carbonyl (C=O) groups is 2. The SMILES string of the molecule is COC(=O)C[C@@H](S)C(=O)N[C@@H]1CCS(=O)(=O)C1. The second kappa shape index (κ2) is 5.72. The van der Waals surface area contributed by atoms with E-state index in [4.69, 9.17) is 0 Å². The van der Waals surface area contributed by atoms with Crippen LogP contribution in [0.15, 0.2) is 0 Å². The van der Waals surface area contributed by atoms with E-state index in [2.05, 4.69) is 22.7 Å². The highest BCUT2D eigenvalue weighted by Crippen LogP contribution is 2.12. The number of esters is 1. The zero-order valence-corrected chi connectivity index (χ0v) is 11.1. The largest absolute Gasteiger partial charge is 0.469 e. The standard InChI is InChI=1S/C9H15NO5S2/c1-15-8(11)4-7(16)9(12)10-6-2-3-17(13,14)5-6/h6-7,16H,2-5H2,1H3,(H,10,12)/t6-,7-/m1/s1. The number of carbonyl (C=O) groups excluding carboxylic acids is 2. The summed E-state index contributed by atoms with van der Waals surface area (Å²) in [4.78, 5) is 22.5. The molecule has 0 aromatic rings. The van der Waals surface area contributed by atoms with Crippen molar-refractivity contribution in [2.24, 2.45) is 0 Å². The molecule has 0 aromatic carbocycles. The highest BCUT2D eigenvalue weighted by molar-refractivity contribution is 7.91. The average molecular weight is 281 g/mol. The lowest BCUT2D eigenvalue weighted by molar-refractivity contribution is -0.141. The zero-order valence-electron chi connectivity index (χ0n) is 9.38. The second-order valence-electron chi connectivity index (χ2n) is 3.90. The average Bonchev–Trinajstić information content (AvgIpc) is 2.57. The van der Waals surface area contributed by atoms with E-state index in [-0.39, 0.29) is 24.0 Å². The number of ether oxygens (including phenoxy) is 1. The molecule has 17 heavy (non-hydrogen) atoms. The Morgan fingerprint density at radius 1 is 1.53 bits per heavy atom. The number of hydrogen-bond acceptors (Lipinski definition) is 6. The Morgan fingerprint density at radius 2 is 2.18 bits per heavy atom. The monoisotopic (exact) mass is 281 g/mol. The number of thiol groups is 1. The van der Waals surface area contributed by atoms with E-state index in [0.29, 0.717) is 6.42 Å². The fourth-order valence-electron chi connectivity index (χ4n) is 1.54. The molecular weight excluding hydrogens is 266 g/mol. The summed E-state index contributed by atoms with van der Waals surface area (Å²) in [5.74, 6) is -0.927. The summed E-state index contributed by atoms with van der Waals surface area (Å²) in [7, 11) is -1.80.